The van der Waals surface area contributed by atoms with Crippen molar-refractivity contribution in [2.24, 2.45) is 0 Å². The number of hydrogen-bond donors (Lipinski definition) is 0. The van der Waals surface area contributed by atoms with Gasteiger partial charge in [0.05, 0.1) is 5.69 Å². The van der Waals surface area contributed by atoms with Crippen molar-refractivity contribution in [3.63, 3.8) is 0 Å². The first-order chi connectivity index (χ1) is 12.5. The van der Waals surface area contributed by atoms with Crippen molar-refractivity contribution in [2.45, 2.75) is 27.1 Å². The second-order valence-corrected chi connectivity index (χ2v) is 6.17. The molecule has 0 unspecified atom stereocenters. The third-order valence-electron chi connectivity index (χ3n) is 3.81. The number of rotatable bonds is 6. The summed E-state index contributed by atoms with van der Waals surface area (Å²) in [5, 5.41) is 0.662. The minimum absolute atomic E-state index is 0.0287. The first-order valence-corrected chi connectivity index (χ1v) is 8.47. The van der Waals surface area contributed by atoms with E-state index in [9.17, 15) is 4.79 Å². The van der Waals surface area contributed by atoms with E-state index in [1.165, 1.54) is 0 Å². The van der Waals surface area contributed by atoms with E-state index >= 15 is 0 Å². The lowest BCUT2D eigenvalue weighted by Gasteiger charge is -2.11. The van der Waals surface area contributed by atoms with E-state index in [0.717, 1.165) is 11.3 Å². The van der Waals surface area contributed by atoms with Crippen LogP contribution in [-0.4, -0.2) is 11.0 Å². The molecule has 134 valence electrons. The summed E-state index contributed by atoms with van der Waals surface area (Å²) in [7, 11) is 0. The Labute approximate surface area is 156 Å². The van der Waals surface area contributed by atoms with Gasteiger partial charge >= 0.3 is 5.97 Å². The summed E-state index contributed by atoms with van der Waals surface area (Å²) in [6.07, 6.45) is 0. The Balaban J connectivity index is 1.65. The molecule has 0 saturated heterocycles. The van der Waals surface area contributed by atoms with Gasteiger partial charge in [-0.2, -0.15) is 0 Å². The number of esters is 1. The summed E-state index contributed by atoms with van der Waals surface area (Å²) in [4.78, 5) is 16.6. The average molecular weight is 372 g/mol. The van der Waals surface area contributed by atoms with Crippen LogP contribution < -0.4 is 4.74 Å². The summed E-state index contributed by atoms with van der Waals surface area (Å²) in [6.45, 7) is 3.94. The van der Waals surface area contributed by atoms with Gasteiger partial charge in [0, 0.05) is 5.02 Å². The third-order valence-corrected chi connectivity index (χ3v) is 4.07. The van der Waals surface area contributed by atoms with E-state index in [2.05, 4.69) is 4.98 Å². The number of benzene rings is 2. The predicted octanol–water partition coefficient (Wildman–Crippen LogP) is 4.88. The first-order valence-electron chi connectivity index (χ1n) is 8.09. The Morgan fingerprint density at radius 2 is 1.81 bits per heavy atom. The van der Waals surface area contributed by atoms with Crippen molar-refractivity contribution in [3.05, 3.63) is 82.0 Å². The summed E-state index contributed by atoms with van der Waals surface area (Å²) in [6, 6.07) is 14.3. The molecular weight excluding hydrogens is 354 g/mol. The highest BCUT2D eigenvalue weighted by Gasteiger charge is 2.15. The molecule has 3 aromatic rings. The number of aryl methyl sites for hydroxylation is 2. The van der Waals surface area contributed by atoms with Crippen LogP contribution in [0, 0.1) is 13.8 Å². The zero-order valence-electron chi connectivity index (χ0n) is 14.5. The zero-order valence-corrected chi connectivity index (χ0v) is 15.2. The first kappa shape index (κ1) is 18.0. The standard InChI is InChI=1S/C20H18ClNO4/c1-13-14(2)26-19(22-13)12-25-20(23)17-5-3-4-6-18(17)24-11-15-7-9-16(21)10-8-15/h3-10H,11-12H2,1-2H3. The van der Waals surface area contributed by atoms with E-state index in [1.54, 1.807) is 36.4 Å². The van der Waals surface area contributed by atoms with Crippen LogP contribution in [0.25, 0.3) is 0 Å². The van der Waals surface area contributed by atoms with E-state index in [0.29, 0.717) is 34.6 Å². The Hall–Kier alpha value is -2.79. The van der Waals surface area contributed by atoms with Gasteiger partial charge in [0.15, 0.2) is 6.61 Å². The fourth-order valence-corrected chi connectivity index (χ4v) is 2.43. The van der Waals surface area contributed by atoms with Gasteiger partial charge in [0.1, 0.15) is 23.7 Å². The lowest BCUT2D eigenvalue weighted by molar-refractivity contribution is 0.0432. The van der Waals surface area contributed by atoms with Gasteiger partial charge in [0.25, 0.3) is 0 Å². The topological polar surface area (TPSA) is 61.6 Å². The van der Waals surface area contributed by atoms with Gasteiger partial charge in [0.2, 0.25) is 5.89 Å². The van der Waals surface area contributed by atoms with Crippen molar-refractivity contribution in [3.8, 4) is 5.75 Å². The van der Waals surface area contributed by atoms with Gasteiger partial charge in [-0.1, -0.05) is 35.9 Å². The monoisotopic (exact) mass is 371 g/mol. The normalized spacial score (nSPS) is 10.6. The number of para-hydroxylation sites is 1. The molecule has 6 heteroatoms. The Bertz CT molecular complexity index is 883. The third kappa shape index (κ3) is 4.43. The number of ether oxygens (including phenoxy) is 2. The Morgan fingerprint density at radius 1 is 1.08 bits per heavy atom. The molecule has 0 spiro atoms. The van der Waals surface area contributed by atoms with E-state index in [4.69, 9.17) is 25.5 Å². The lowest BCUT2D eigenvalue weighted by atomic mass is 10.2. The molecule has 0 N–H and O–H groups in total. The van der Waals surface area contributed by atoms with Gasteiger partial charge in [-0.25, -0.2) is 9.78 Å². The number of nitrogens with zero attached hydrogens (tertiary/aromatic N) is 1. The van der Waals surface area contributed by atoms with Crippen LogP contribution in [0.1, 0.15) is 33.3 Å². The predicted molar refractivity (Wildman–Crippen MR) is 97.3 cm³/mol. The highest BCUT2D eigenvalue weighted by molar-refractivity contribution is 6.30. The SMILES string of the molecule is Cc1nc(COC(=O)c2ccccc2OCc2ccc(Cl)cc2)oc1C. The second-order valence-electron chi connectivity index (χ2n) is 5.74. The lowest BCUT2D eigenvalue weighted by Crippen LogP contribution is -2.08. The number of carbonyl (C=O) groups excluding carboxylic acids is 1. The van der Waals surface area contributed by atoms with Gasteiger partial charge < -0.3 is 13.9 Å². The van der Waals surface area contributed by atoms with Crippen molar-refractivity contribution in [1.29, 1.82) is 0 Å². The molecule has 0 amide bonds. The molecule has 5 nitrogen and oxygen atoms in total. The average Bonchev–Trinajstić information content (AvgIpc) is 2.97. The summed E-state index contributed by atoms with van der Waals surface area (Å²) >= 11 is 5.88. The number of aromatic nitrogens is 1. The molecule has 0 saturated carbocycles. The minimum atomic E-state index is -0.495. The molecule has 0 aliphatic carbocycles. The molecule has 0 fully saturated rings. The molecule has 0 bridgehead atoms. The van der Waals surface area contributed by atoms with Crippen LogP contribution >= 0.6 is 11.6 Å². The number of carbonyl (C=O) groups is 1. The molecule has 0 radical (unpaired) electrons. The van der Waals surface area contributed by atoms with Gasteiger partial charge in [-0.3, -0.25) is 0 Å². The van der Waals surface area contributed by atoms with E-state index < -0.39 is 5.97 Å². The maximum Gasteiger partial charge on any atom is 0.342 e. The number of hydrogen-bond acceptors (Lipinski definition) is 5. The van der Waals surface area contributed by atoms with Crippen molar-refractivity contribution >= 4 is 17.6 Å². The molecule has 3 rings (SSSR count). The molecule has 0 atom stereocenters. The van der Waals surface area contributed by atoms with Crippen molar-refractivity contribution in [1.82, 2.24) is 4.98 Å². The molecule has 1 aromatic heterocycles. The summed E-state index contributed by atoms with van der Waals surface area (Å²) < 4.78 is 16.5. The second kappa shape index (κ2) is 8.06. The van der Waals surface area contributed by atoms with Gasteiger partial charge in [-0.15, -0.1) is 0 Å². The van der Waals surface area contributed by atoms with E-state index in [-0.39, 0.29) is 6.61 Å². The van der Waals surface area contributed by atoms with Crippen LogP contribution in [0.3, 0.4) is 0 Å². The maximum absolute atomic E-state index is 12.4. The molecule has 2 aromatic carbocycles. The van der Waals surface area contributed by atoms with Crippen LogP contribution in [-0.2, 0) is 18.0 Å². The van der Waals surface area contributed by atoms with Crippen LogP contribution in [0.5, 0.6) is 5.75 Å². The molecule has 0 aliphatic heterocycles. The van der Waals surface area contributed by atoms with Gasteiger partial charge in [-0.05, 0) is 43.7 Å². The molecule has 0 aliphatic rings. The number of oxazole rings is 1. The van der Waals surface area contributed by atoms with E-state index in [1.807, 2.05) is 26.0 Å². The highest BCUT2D eigenvalue weighted by atomic mass is 35.5. The Kier molecular flexibility index (Phi) is 5.58. The van der Waals surface area contributed by atoms with Crippen LogP contribution in [0.15, 0.2) is 52.9 Å². The fraction of sp³-hybridized carbons (Fsp3) is 0.200. The largest absolute Gasteiger partial charge is 0.488 e. The molecule has 1 heterocycles. The van der Waals surface area contributed by atoms with Crippen LogP contribution in [0.2, 0.25) is 5.02 Å². The minimum Gasteiger partial charge on any atom is -0.488 e. The summed E-state index contributed by atoms with van der Waals surface area (Å²) in [5.41, 5.74) is 2.08. The molecular formula is C20H18ClNO4. The maximum atomic E-state index is 12.4. The quantitative estimate of drug-likeness (QED) is 0.578. The summed E-state index contributed by atoms with van der Waals surface area (Å²) in [5.74, 6) is 1.04. The fourth-order valence-electron chi connectivity index (χ4n) is 2.31. The smallest absolute Gasteiger partial charge is 0.342 e. The Morgan fingerprint density at radius 3 is 2.50 bits per heavy atom. The van der Waals surface area contributed by atoms with Crippen molar-refractivity contribution < 1.29 is 18.7 Å². The van der Waals surface area contributed by atoms with Crippen LogP contribution in [0.4, 0.5) is 0 Å². The highest BCUT2D eigenvalue weighted by Crippen LogP contribution is 2.21. The molecule has 26 heavy (non-hydrogen) atoms. The van der Waals surface area contributed by atoms with Crippen molar-refractivity contribution in [2.75, 3.05) is 0 Å². The number of halogens is 1. The zero-order chi connectivity index (χ0) is 18.5.